The van der Waals surface area contributed by atoms with Crippen LogP contribution in [0.2, 0.25) is 0 Å². The Bertz CT molecular complexity index is 685. The van der Waals surface area contributed by atoms with Crippen molar-refractivity contribution in [1.82, 2.24) is 9.88 Å². The number of aryl methyl sites for hydroxylation is 1. The van der Waals surface area contributed by atoms with Crippen LogP contribution >= 0.6 is 11.3 Å². The summed E-state index contributed by atoms with van der Waals surface area (Å²) in [7, 11) is 1.44. The first kappa shape index (κ1) is 16.7. The van der Waals surface area contributed by atoms with Crippen molar-refractivity contribution in [2.75, 3.05) is 38.2 Å². The maximum absolute atomic E-state index is 13.7. The Kier molecular flexibility index (Phi) is 5.30. The van der Waals surface area contributed by atoms with Crippen molar-refractivity contribution in [2.45, 2.75) is 12.8 Å². The second-order valence-corrected chi connectivity index (χ2v) is 6.52. The molecule has 0 atom stereocenters. The number of methoxy groups -OCH3 is 1. The van der Waals surface area contributed by atoms with E-state index in [4.69, 9.17) is 4.74 Å². The second-order valence-electron chi connectivity index (χ2n) is 5.65. The number of hydrogen-bond donors (Lipinski definition) is 0. The minimum atomic E-state index is -0.389. The molecule has 3 rings (SSSR count). The number of ether oxygens (including phenoxy) is 1. The Morgan fingerprint density at radius 3 is 2.75 bits per heavy atom. The normalized spacial score (nSPS) is 14.8. The van der Waals surface area contributed by atoms with Crippen LogP contribution in [0, 0.1) is 5.82 Å². The molecule has 2 heterocycles. The third kappa shape index (κ3) is 3.84. The zero-order valence-electron chi connectivity index (χ0n) is 13.6. The van der Waals surface area contributed by atoms with E-state index in [1.165, 1.54) is 13.2 Å². The molecule has 5 nitrogen and oxygen atoms in total. The number of hydrogen-bond acceptors (Lipinski definition) is 5. The number of nitrogens with zero attached hydrogens (tertiary/aromatic N) is 3. The Balaban J connectivity index is 1.48. The molecule has 2 aromatic rings. The van der Waals surface area contributed by atoms with Crippen LogP contribution in [-0.4, -0.2) is 49.1 Å². The highest BCUT2D eigenvalue weighted by atomic mass is 32.1. The van der Waals surface area contributed by atoms with Gasteiger partial charge in [-0.1, -0.05) is 6.07 Å². The number of piperazine rings is 1. The van der Waals surface area contributed by atoms with E-state index in [2.05, 4.69) is 9.88 Å². The molecule has 0 radical (unpaired) electrons. The topological polar surface area (TPSA) is 45.7 Å². The molecule has 1 aliphatic heterocycles. The summed E-state index contributed by atoms with van der Waals surface area (Å²) < 4.78 is 18.6. The average molecular weight is 349 g/mol. The lowest BCUT2D eigenvalue weighted by Gasteiger charge is -2.34. The fraction of sp³-hybridized carbons (Fsp3) is 0.412. The zero-order chi connectivity index (χ0) is 16.9. The Morgan fingerprint density at radius 1 is 1.33 bits per heavy atom. The number of halogens is 1. The molecule has 7 heteroatoms. The van der Waals surface area contributed by atoms with Crippen molar-refractivity contribution in [1.29, 1.82) is 0 Å². The van der Waals surface area contributed by atoms with Crippen molar-refractivity contribution < 1.29 is 13.9 Å². The fourth-order valence-electron chi connectivity index (χ4n) is 2.79. The molecule has 0 spiro atoms. The van der Waals surface area contributed by atoms with E-state index in [-0.39, 0.29) is 17.5 Å². The summed E-state index contributed by atoms with van der Waals surface area (Å²) in [5.41, 5.74) is 0.808. The zero-order valence-corrected chi connectivity index (χ0v) is 14.4. The third-order valence-corrected chi connectivity index (χ3v) is 5.00. The first-order valence-corrected chi connectivity index (χ1v) is 8.80. The molecule has 128 valence electrons. The number of rotatable bonds is 5. The lowest BCUT2D eigenvalue weighted by atomic mass is 10.1. The predicted octanol–water partition coefficient (Wildman–Crippen LogP) is 2.57. The van der Waals surface area contributed by atoms with Crippen molar-refractivity contribution in [3.8, 4) is 5.75 Å². The predicted molar refractivity (Wildman–Crippen MR) is 92.2 cm³/mol. The van der Waals surface area contributed by atoms with Crippen LogP contribution in [0.4, 0.5) is 9.52 Å². The van der Waals surface area contributed by atoms with E-state index in [0.29, 0.717) is 25.9 Å². The lowest BCUT2D eigenvalue weighted by molar-refractivity contribution is -0.131. The molecule has 24 heavy (non-hydrogen) atoms. The Hall–Kier alpha value is -2.15. The van der Waals surface area contributed by atoms with Gasteiger partial charge in [-0.15, -0.1) is 11.3 Å². The van der Waals surface area contributed by atoms with Crippen LogP contribution in [0.3, 0.4) is 0 Å². The standard InChI is InChI=1S/C17H20FN3O2S/c1-23-15-4-2-13(12-14(15)18)3-5-16(22)20-7-9-21(10-8-20)17-19-6-11-24-17/h2,4,6,11-12H,3,5,7-10H2,1H3. The highest BCUT2D eigenvalue weighted by Gasteiger charge is 2.22. The van der Waals surface area contributed by atoms with Crippen LogP contribution in [0.1, 0.15) is 12.0 Å². The van der Waals surface area contributed by atoms with E-state index in [1.807, 2.05) is 10.3 Å². The molecule has 0 saturated carbocycles. The Labute approximate surface area is 144 Å². The molecule has 1 fully saturated rings. The first-order chi connectivity index (χ1) is 11.7. The summed E-state index contributed by atoms with van der Waals surface area (Å²) in [5, 5.41) is 2.97. The van der Waals surface area contributed by atoms with E-state index >= 15 is 0 Å². The van der Waals surface area contributed by atoms with Crippen LogP contribution in [0.25, 0.3) is 0 Å². The molecule has 1 aromatic heterocycles. The highest BCUT2D eigenvalue weighted by molar-refractivity contribution is 7.13. The molecule has 1 aliphatic rings. The number of benzene rings is 1. The van der Waals surface area contributed by atoms with Crippen molar-refractivity contribution in [3.63, 3.8) is 0 Å². The van der Waals surface area contributed by atoms with Crippen LogP contribution in [0.5, 0.6) is 5.75 Å². The maximum atomic E-state index is 13.7. The largest absolute Gasteiger partial charge is 0.494 e. The molecule has 0 N–H and O–H groups in total. The van der Waals surface area contributed by atoms with Crippen LogP contribution < -0.4 is 9.64 Å². The van der Waals surface area contributed by atoms with E-state index in [0.717, 1.165) is 23.8 Å². The Morgan fingerprint density at radius 2 is 2.12 bits per heavy atom. The number of amides is 1. The number of aromatic nitrogens is 1. The molecule has 0 unspecified atom stereocenters. The molecule has 1 amide bonds. The van der Waals surface area contributed by atoms with E-state index in [9.17, 15) is 9.18 Å². The highest BCUT2D eigenvalue weighted by Crippen LogP contribution is 2.20. The number of thiazole rings is 1. The second kappa shape index (κ2) is 7.61. The van der Waals surface area contributed by atoms with Gasteiger partial charge in [0.1, 0.15) is 0 Å². The minimum Gasteiger partial charge on any atom is -0.494 e. The molecule has 1 saturated heterocycles. The number of carbonyl (C=O) groups excluding carboxylic acids is 1. The van der Waals surface area contributed by atoms with Gasteiger partial charge in [-0.3, -0.25) is 4.79 Å². The molecular formula is C17H20FN3O2S. The van der Waals surface area contributed by atoms with Gasteiger partial charge in [0.15, 0.2) is 16.7 Å². The smallest absolute Gasteiger partial charge is 0.223 e. The van der Waals surface area contributed by atoms with E-state index < -0.39 is 0 Å². The molecule has 1 aromatic carbocycles. The SMILES string of the molecule is COc1ccc(CCC(=O)N2CCN(c3nccs3)CC2)cc1F. The summed E-state index contributed by atoms with van der Waals surface area (Å²) >= 11 is 1.62. The summed E-state index contributed by atoms with van der Waals surface area (Å²) in [4.78, 5) is 20.7. The summed E-state index contributed by atoms with van der Waals surface area (Å²) in [6, 6.07) is 4.84. The van der Waals surface area contributed by atoms with Gasteiger partial charge in [-0.2, -0.15) is 0 Å². The quantitative estimate of drug-likeness (QED) is 0.832. The van der Waals surface area contributed by atoms with Crippen molar-refractivity contribution in [3.05, 3.63) is 41.2 Å². The van der Waals surface area contributed by atoms with Gasteiger partial charge in [0.25, 0.3) is 0 Å². The fourth-order valence-corrected chi connectivity index (χ4v) is 3.49. The summed E-state index contributed by atoms with van der Waals surface area (Å²) in [6.45, 7) is 3.01. The van der Waals surface area contributed by atoms with Gasteiger partial charge in [0, 0.05) is 44.2 Å². The molecule has 0 aliphatic carbocycles. The van der Waals surface area contributed by atoms with Crippen molar-refractivity contribution in [2.24, 2.45) is 0 Å². The molecular weight excluding hydrogens is 329 g/mol. The van der Waals surface area contributed by atoms with Gasteiger partial charge in [-0.25, -0.2) is 9.37 Å². The average Bonchev–Trinajstić information content (AvgIpc) is 3.14. The van der Waals surface area contributed by atoms with Crippen molar-refractivity contribution >= 4 is 22.4 Å². The third-order valence-electron chi connectivity index (χ3n) is 4.17. The first-order valence-electron chi connectivity index (χ1n) is 7.92. The lowest BCUT2D eigenvalue weighted by Crippen LogP contribution is -2.48. The maximum Gasteiger partial charge on any atom is 0.223 e. The van der Waals surface area contributed by atoms with Crippen LogP contribution in [0.15, 0.2) is 29.8 Å². The number of anilines is 1. The van der Waals surface area contributed by atoms with Gasteiger partial charge < -0.3 is 14.5 Å². The van der Waals surface area contributed by atoms with Gasteiger partial charge >= 0.3 is 0 Å². The molecule has 0 bridgehead atoms. The van der Waals surface area contributed by atoms with E-state index in [1.54, 1.807) is 29.7 Å². The summed E-state index contributed by atoms with van der Waals surface area (Å²) in [6.07, 6.45) is 2.72. The number of carbonyl (C=O) groups is 1. The van der Waals surface area contributed by atoms with Crippen LogP contribution in [-0.2, 0) is 11.2 Å². The summed E-state index contributed by atoms with van der Waals surface area (Å²) in [5.74, 6) is -0.0482. The van der Waals surface area contributed by atoms with Gasteiger partial charge in [0.2, 0.25) is 5.91 Å². The van der Waals surface area contributed by atoms with Gasteiger partial charge in [-0.05, 0) is 24.1 Å². The minimum absolute atomic E-state index is 0.116. The monoisotopic (exact) mass is 349 g/mol. The van der Waals surface area contributed by atoms with Gasteiger partial charge in [0.05, 0.1) is 7.11 Å².